The number of hydrogen-bond donors (Lipinski definition) is 2. The van der Waals surface area contributed by atoms with Gasteiger partial charge in [0.15, 0.2) is 0 Å². The fourth-order valence-electron chi connectivity index (χ4n) is 2.25. The van der Waals surface area contributed by atoms with E-state index in [4.69, 9.17) is 0 Å². The Morgan fingerprint density at radius 2 is 2.10 bits per heavy atom. The minimum Gasteiger partial charge on any atom is -0.376 e. The highest BCUT2D eigenvalue weighted by molar-refractivity contribution is 5.90. The summed E-state index contributed by atoms with van der Waals surface area (Å²) in [7, 11) is 0. The van der Waals surface area contributed by atoms with Crippen LogP contribution < -0.4 is 10.6 Å². The maximum Gasteiger partial charge on any atom is 0.242 e. The summed E-state index contributed by atoms with van der Waals surface area (Å²) in [5, 5.41) is 5.87. The number of benzene rings is 1. The zero-order chi connectivity index (χ0) is 13.7. The predicted molar refractivity (Wildman–Crippen MR) is 81.0 cm³/mol. The zero-order valence-electron chi connectivity index (χ0n) is 11.5. The molecule has 0 aromatic heterocycles. The van der Waals surface area contributed by atoms with Gasteiger partial charge in [0.2, 0.25) is 11.8 Å². The van der Waals surface area contributed by atoms with Crippen molar-refractivity contribution >= 4 is 29.9 Å². The summed E-state index contributed by atoms with van der Waals surface area (Å²) in [6, 6.07) is 9.24. The van der Waals surface area contributed by atoms with Gasteiger partial charge in [-0.15, -0.1) is 12.4 Å². The van der Waals surface area contributed by atoms with Crippen molar-refractivity contribution in [2.75, 3.05) is 25.0 Å². The van der Waals surface area contributed by atoms with Crippen LogP contribution in [0.2, 0.25) is 0 Å². The van der Waals surface area contributed by atoms with Gasteiger partial charge in [0.25, 0.3) is 0 Å². The number of carbonyl (C=O) groups excluding carboxylic acids is 2. The highest BCUT2D eigenvalue weighted by atomic mass is 35.5. The molecular weight excluding hydrogens is 278 g/mol. The van der Waals surface area contributed by atoms with E-state index < -0.39 is 0 Å². The molecule has 1 atom stereocenters. The Morgan fingerprint density at radius 3 is 2.75 bits per heavy atom. The Labute approximate surface area is 125 Å². The van der Waals surface area contributed by atoms with Gasteiger partial charge in [0.05, 0.1) is 6.54 Å². The molecule has 110 valence electrons. The molecule has 20 heavy (non-hydrogen) atoms. The van der Waals surface area contributed by atoms with E-state index in [1.807, 2.05) is 37.3 Å². The Hall–Kier alpha value is -1.75. The van der Waals surface area contributed by atoms with Crippen LogP contribution in [0, 0.1) is 0 Å². The van der Waals surface area contributed by atoms with Crippen molar-refractivity contribution in [1.29, 1.82) is 0 Å². The molecule has 1 aliphatic rings. The SMILES string of the molecule is CCC1C(=O)NCCN1C(=O)CNc1ccccc1.Cl. The van der Waals surface area contributed by atoms with E-state index in [0.717, 1.165) is 5.69 Å². The van der Waals surface area contributed by atoms with Crippen molar-refractivity contribution < 1.29 is 9.59 Å². The van der Waals surface area contributed by atoms with E-state index in [9.17, 15) is 9.59 Å². The normalized spacial score (nSPS) is 17.9. The van der Waals surface area contributed by atoms with Crippen LogP contribution in [0.3, 0.4) is 0 Å². The number of nitrogens with zero attached hydrogens (tertiary/aromatic N) is 1. The summed E-state index contributed by atoms with van der Waals surface area (Å²) >= 11 is 0. The van der Waals surface area contributed by atoms with Crippen molar-refractivity contribution in [2.24, 2.45) is 0 Å². The number of piperazine rings is 1. The number of nitrogens with one attached hydrogen (secondary N) is 2. The second-order valence-electron chi connectivity index (χ2n) is 4.52. The van der Waals surface area contributed by atoms with Crippen LogP contribution in [0.1, 0.15) is 13.3 Å². The Kier molecular flexibility index (Phi) is 6.31. The summed E-state index contributed by atoms with van der Waals surface area (Å²) in [4.78, 5) is 25.5. The standard InChI is InChI=1S/C14H19N3O2.ClH/c1-2-12-14(19)15-8-9-17(12)13(18)10-16-11-6-4-3-5-7-11;/h3-7,12,16H,2,8-10H2,1H3,(H,15,19);1H. The lowest BCUT2D eigenvalue weighted by atomic mass is 10.1. The van der Waals surface area contributed by atoms with Gasteiger partial charge in [-0.2, -0.15) is 0 Å². The molecule has 1 unspecified atom stereocenters. The van der Waals surface area contributed by atoms with Crippen LogP contribution in [0.25, 0.3) is 0 Å². The summed E-state index contributed by atoms with van der Waals surface area (Å²) < 4.78 is 0. The molecule has 0 saturated carbocycles. The van der Waals surface area contributed by atoms with E-state index in [-0.39, 0.29) is 36.8 Å². The minimum absolute atomic E-state index is 0. The summed E-state index contributed by atoms with van der Waals surface area (Å²) in [6.45, 7) is 3.25. The fourth-order valence-corrected chi connectivity index (χ4v) is 2.25. The summed E-state index contributed by atoms with van der Waals surface area (Å²) in [5.41, 5.74) is 0.908. The third-order valence-electron chi connectivity index (χ3n) is 3.26. The average molecular weight is 298 g/mol. The van der Waals surface area contributed by atoms with Crippen LogP contribution in [0.4, 0.5) is 5.69 Å². The monoisotopic (exact) mass is 297 g/mol. The van der Waals surface area contributed by atoms with Crippen molar-refractivity contribution in [3.63, 3.8) is 0 Å². The van der Waals surface area contributed by atoms with Gasteiger partial charge in [-0.05, 0) is 18.6 Å². The molecule has 1 heterocycles. The molecule has 6 heteroatoms. The van der Waals surface area contributed by atoms with Crippen molar-refractivity contribution in [3.05, 3.63) is 30.3 Å². The molecule has 2 amide bonds. The van der Waals surface area contributed by atoms with Crippen LogP contribution in [-0.2, 0) is 9.59 Å². The molecule has 0 spiro atoms. The minimum atomic E-state index is -0.334. The third-order valence-corrected chi connectivity index (χ3v) is 3.26. The first-order valence-corrected chi connectivity index (χ1v) is 6.58. The molecule has 1 saturated heterocycles. The van der Waals surface area contributed by atoms with Gasteiger partial charge in [0.1, 0.15) is 6.04 Å². The number of anilines is 1. The van der Waals surface area contributed by atoms with Crippen LogP contribution >= 0.6 is 12.4 Å². The molecule has 1 fully saturated rings. The molecule has 0 bridgehead atoms. The van der Waals surface area contributed by atoms with Crippen LogP contribution in [0.5, 0.6) is 0 Å². The second kappa shape index (κ2) is 7.75. The smallest absolute Gasteiger partial charge is 0.242 e. The van der Waals surface area contributed by atoms with Gasteiger partial charge in [-0.1, -0.05) is 25.1 Å². The summed E-state index contributed by atoms with van der Waals surface area (Å²) in [6.07, 6.45) is 0.642. The lowest BCUT2D eigenvalue weighted by molar-refractivity contribution is -0.142. The first-order chi connectivity index (χ1) is 9.22. The Balaban J connectivity index is 0.00000200. The molecule has 0 aliphatic carbocycles. The van der Waals surface area contributed by atoms with E-state index in [1.165, 1.54) is 0 Å². The highest BCUT2D eigenvalue weighted by Gasteiger charge is 2.31. The first-order valence-electron chi connectivity index (χ1n) is 6.58. The van der Waals surface area contributed by atoms with Crippen molar-refractivity contribution in [3.8, 4) is 0 Å². The number of hydrogen-bond acceptors (Lipinski definition) is 3. The summed E-state index contributed by atoms with van der Waals surface area (Å²) in [5.74, 6) is -0.0904. The van der Waals surface area contributed by atoms with Crippen LogP contribution in [0.15, 0.2) is 30.3 Å². The molecule has 2 rings (SSSR count). The lowest BCUT2D eigenvalue weighted by Gasteiger charge is -2.34. The number of para-hydroxylation sites is 1. The highest BCUT2D eigenvalue weighted by Crippen LogP contribution is 2.10. The van der Waals surface area contributed by atoms with Gasteiger partial charge in [0, 0.05) is 18.8 Å². The maximum atomic E-state index is 12.2. The number of amides is 2. The van der Waals surface area contributed by atoms with Crippen molar-refractivity contribution in [1.82, 2.24) is 10.2 Å². The Morgan fingerprint density at radius 1 is 1.40 bits per heavy atom. The molecular formula is C14H20ClN3O2. The molecule has 0 radical (unpaired) electrons. The van der Waals surface area contributed by atoms with E-state index in [1.54, 1.807) is 4.90 Å². The van der Waals surface area contributed by atoms with E-state index in [0.29, 0.717) is 19.5 Å². The van der Waals surface area contributed by atoms with Gasteiger partial charge >= 0.3 is 0 Å². The van der Waals surface area contributed by atoms with Crippen molar-refractivity contribution in [2.45, 2.75) is 19.4 Å². The number of rotatable bonds is 4. The largest absolute Gasteiger partial charge is 0.376 e. The molecule has 1 aliphatic heterocycles. The average Bonchev–Trinajstić information content (AvgIpc) is 2.45. The van der Waals surface area contributed by atoms with E-state index >= 15 is 0 Å². The maximum absolute atomic E-state index is 12.2. The molecule has 5 nitrogen and oxygen atoms in total. The molecule has 1 aromatic rings. The van der Waals surface area contributed by atoms with E-state index in [2.05, 4.69) is 10.6 Å². The van der Waals surface area contributed by atoms with Gasteiger partial charge < -0.3 is 15.5 Å². The number of halogens is 1. The van der Waals surface area contributed by atoms with Gasteiger partial charge in [-0.25, -0.2) is 0 Å². The third kappa shape index (κ3) is 3.87. The first kappa shape index (κ1) is 16.3. The molecule has 1 aromatic carbocycles. The van der Waals surface area contributed by atoms with Gasteiger partial charge in [-0.3, -0.25) is 9.59 Å². The van der Waals surface area contributed by atoms with Crippen LogP contribution in [-0.4, -0.2) is 42.4 Å². The quantitative estimate of drug-likeness (QED) is 0.879. The zero-order valence-corrected chi connectivity index (χ0v) is 12.3. The molecule has 2 N–H and O–H groups in total. The lowest BCUT2D eigenvalue weighted by Crippen LogP contribution is -2.57. The Bertz CT molecular complexity index is 453. The topological polar surface area (TPSA) is 61.4 Å². The predicted octanol–water partition coefficient (Wildman–Crippen LogP) is 1.26. The fraction of sp³-hybridized carbons (Fsp3) is 0.429. The second-order valence-corrected chi connectivity index (χ2v) is 4.52. The number of carbonyl (C=O) groups is 2.